The lowest BCUT2D eigenvalue weighted by molar-refractivity contribution is 0.0438. The van der Waals surface area contributed by atoms with Crippen molar-refractivity contribution in [3.05, 3.63) is 95.6 Å². The summed E-state index contributed by atoms with van der Waals surface area (Å²) in [4.78, 5) is 4.20. The summed E-state index contributed by atoms with van der Waals surface area (Å²) in [6.07, 6.45) is -0.763. The Kier molecular flexibility index (Phi) is 8.39. The second-order valence-corrected chi connectivity index (χ2v) is 13.6. The van der Waals surface area contributed by atoms with Crippen molar-refractivity contribution in [2.24, 2.45) is 4.40 Å². The summed E-state index contributed by atoms with van der Waals surface area (Å²) in [6.45, 7) is 6.83. The zero-order valence-electron chi connectivity index (χ0n) is 22.7. The molecule has 0 saturated carbocycles. The van der Waals surface area contributed by atoms with Crippen LogP contribution in [0.2, 0.25) is 0 Å². The Morgan fingerprint density at radius 2 is 1.35 bits per heavy atom. The largest absolute Gasteiger partial charge is 0.379 e. The number of aryl methyl sites for hydroxylation is 2. The van der Waals surface area contributed by atoms with Crippen LogP contribution in [0.4, 0.5) is 0 Å². The van der Waals surface area contributed by atoms with Gasteiger partial charge in [0.25, 0.3) is 10.0 Å². The van der Waals surface area contributed by atoms with Gasteiger partial charge in [0.15, 0.2) is 0 Å². The van der Waals surface area contributed by atoms with Crippen molar-refractivity contribution in [2.45, 2.75) is 29.8 Å². The van der Waals surface area contributed by atoms with Crippen molar-refractivity contribution in [1.82, 2.24) is 14.1 Å². The van der Waals surface area contributed by atoms with E-state index in [0.717, 1.165) is 16.7 Å². The number of morpholine rings is 1. The molecule has 5 rings (SSSR count). The van der Waals surface area contributed by atoms with Gasteiger partial charge in [-0.05, 0) is 43.7 Å². The summed E-state index contributed by atoms with van der Waals surface area (Å²) in [6, 6.07) is 22.6. The van der Waals surface area contributed by atoms with E-state index >= 15 is 0 Å². The molecular formula is C29H34N4O5S2. The van der Waals surface area contributed by atoms with E-state index in [2.05, 4.69) is 9.30 Å². The number of hydrogen-bond acceptors (Lipinski definition) is 6. The Balaban J connectivity index is 1.59. The van der Waals surface area contributed by atoms with Gasteiger partial charge in [-0.1, -0.05) is 65.7 Å². The van der Waals surface area contributed by atoms with Crippen molar-refractivity contribution in [2.75, 3.05) is 45.9 Å². The van der Waals surface area contributed by atoms with E-state index in [1.165, 1.54) is 4.31 Å². The fourth-order valence-corrected chi connectivity index (χ4v) is 7.57. The second kappa shape index (κ2) is 11.8. The maximum atomic E-state index is 13.9. The van der Waals surface area contributed by atoms with Crippen molar-refractivity contribution in [1.29, 1.82) is 0 Å². The van der Waals surface area contributed by atoms with Crippen LogP contribution in [0.5, 0.6) is 0 Å². The molecule has 0 unspecified atom stereocenters. The Hall–Kier alpha value is -3.09. The molecule has 212 valence electrons. The highest BCUT2D eigenvalue weighted by molar-refractivity contribution is 7.90. The highest BCUT2D eigenvalue weighted by atomic mass is 32.2. The van der Waals surface area contributed by atoms with Crippen LogP contribution in [0.1, 0.15) is 22.9 Å². The van der Waals surface area contributed by atoms with Gasteiger partial charge < -0.3 is 9.64 Å². The molecule has 40 heavy (non-hydrogen) atoms. The lowest BCUT2D eigenvalue weighted by Crippen LogP contribution is -2.46. The first kappa shape index (κ1) is 28.4. The van der Waals surface area contributed by atoms with Crippen LogP contribution in [0.25, 0.3) is 0 Å². The van der Waals surface area contributed by atoms with E-state index in [1.807, 2.05) is 49.1 Å². The van der Waals surface area contributed by atoms with Crippen LogP contribution in [0.3, 0.4) is 0 Å². The van der Waals surface area contributed by atoms with Crippen molar-refractivity contribution in [3.8, 4) is 0 Å². The minimum absolute atomic E-state index is 0.0946. The van der Waals surface area contributed by atoms with E-state index in [4.69, 9.17) is 4.74 Å². The summed E-state index contributed by atoms with van der Waals surface area (Å²) in [7, 11) is -7.96. The van der Waals surface area contributed by atoms with Crippen LogP contribution < -0.4 is 0 Å². The Morgan fingerprint density at radius 1 is 0.775 bits per heavy atom. The molecule has 0 N–H and O–H groups in total. The molecule has 1 atom stereocenters. The second-order valence-electron chi connectivity index (χ2n) is 10.1. The summed E-state index contributed by atoms with van der Waals surface area (Å²) in [5.41, 5.74) is 2.64. The number of benzene rings is 3. The fourth-order valence-electron chi connectivity index (χ4n) is 4.98. The predicted molar refractivity (Wildman–Crippen MR) is 154 cm³/mol. The van der Waals surface area contributed by atoms with Crippen molar-refractivity contribution < 1.29 is 21.6 Å². The van der Waals surface area contributed by atoms with Gasteiger partial charge in [0.2, 0.25) is 10.0 Å². The molecule has 2 aliphatic heterocycles. The third kappa shape index (κ3) is 6.13. The first-order chi connectivity index (χ1) is 19.1. The topological polar surface area (TPSA) is 99.6 Å². The molecule has 0 spiro atoms. The Labute approximate surface area is 236 Å². The molecular weight excluding hydrogens is 548 g/mol. The molecule has 3 aromatic rings. The smallest absolute Gasteiger partial charge is 0.283 e. The first-order valence-electron chi connectivity index (χ1n) is 13.3. The Bertz CT molecular complexity index is 1550. The minimum Gasteiger partial charge on any atom is -0.379 e. The number of hydrogen-bond donors (Lipinski definition) is 0. The van der Waals surface area contributed by atoms with Gasteiger partial charge in [-0.2, -0.15) is 12.7 Å². The zero-order chi connectivity index (χ0) is 28.3. The molecule has 0 bridgehead atoms. The number of sulfonamides is 2. The van der Waals surface area contributed by atoms with Crippen LogP contribution >= 0.6 is 0 Å². The maximum Gasteiger partial charge on any atom is 0.283 e. The molecule has 2 heterocycles. The van der Waals surface area contributed by atoms with E-state index in [9.17, 15) is 16.8 Å². The quantitative estimate of drug-likeness (QED) is 0.311. The number of ether oxygens (including phenoxy) is 1. The maximum absolute atomic E-state index is 13.9. The molecule has 2 aliphatic rings. The van der Waals surface area contributed by atoms with Crippen molar-refractivity contribution in [3.63, 3.8) is 0 Å². The fraction of sp³-hybridized carbons (Fsp3) is 0.345. The molecule has 0 amide bonds. The van der Waals surface area contributed by atoms with Gasteiger partial charge >= 0.3 is 0 Å². The van der Waals surface area contributed by atoms with Crippen LogP contribution in [0.15, 0.2) is 93.1 Å². The summed E-state index contributed by atoms with van der Waals surface area (Å²) >= 11 is 0. The monoisotopic (exact) mass is 582 g/mol. The first-order valence-corrected chi connectivity index (χ1v) is 16.1. The minimum atomic E-state index is -4.06. The van der Waals surface area contributed by atoms with E-state index < -0.39 is 26.2 Å². The summed E-state index contributed by atoms with van der Waals surface area (Å²) < 4.78 is 66.3. The Morgan fingerprint density at radius 3 is 1.95 bits per heavy atom. The third-order valence-corrected chi connectivity index (χ3v) is 10.4. The van der Waals surface area contributed by atoms with Gasteiger partial charge in [-0.3, -0.25) is 4.90 Å². The van der Waals surface area contributed by atoms with E-state index in [-0.39, 0.29) is 29.4 Å². The lowest BCUT2D eigenvalue weighted by Gasteiger charge is -2.35. The van der Waals surface area contributed by atoms with Crippen LogP contribution in [-0.4, -0.2) is 82.7 Å². The normalized spacial score (nSPS) is 19.7. The number of rotatable bonds is 7. The molecule has 11 heteroatoms. The molecule has 2 saturated heterocycles. The number of nitrogens with zero attached hydrogens (tertiary/aromatic N) is 4. The van der Waals surface area contributed by atoms with Crippen molar-refractivity contribution >= 4 is 25.9 Å². The van der Waals surface area contributed by atoms with Gasteiger partial charge in [0, 0.05) is 26.2 Å². The highest BCUT2D eigenvalue weighted by Crippen LogP contribution is 2.36. The van der Waals surface area contributed by atoms with Crippen LogP contribution in [0, 0.1) is 13.8 Å². The lowest BCUT2D eigenvalue weighted by atomic mass is 10.1. The molecule has 0 radical (unpaired) electrons. The standard InChI is InChI=1S/C29H34N4O5S2/c1-23-8-12-26(13-9-23)39(34,35)30-28(22-31-18-20-38-21-19-31)32-16-17-33(29(32)25-6-4-3-5-7-25)40(36,37)27-14-10-24(2)11-15-27/h3-15,29H,16-22H2,1-2H3/t29-/m1/s1. The third-order valence-electron chi connectivity index (χ3n) is 7.20. The van der Waals surface area contributed by atoms with Gasteiger partial charge in [-0.25, -0.2) is 8.42 Å². The molecule has 0 aromatic heterocycles. The zero-order valence-corrected chi connectivity index (χ0v) is 24.3. The molecule has 2 fully saturated rings. The average molecular weight is 583 g/mol. The average Bonchev–Trinajstić information content (AvgIpc) is 3.40. The highest BCUT2D eigenvalue weighted by Gasteiger charge is 2.43. The summed E-state index contributed by atoms with van der Waals surface area (Å²) in [5, 5.41) is 0. The SMILES string of the molecule is Cc1ccc(S(=O)(=O)N=C(CN2CCOCC2)N2CCN(S(=O)(=O)c3ccc(C)cc3)[C@@H]2c2ccccc2)cc1. The molecule has 0 aliphatic carbocycles. The van der Waals surface area contributed by atoms with Crippen LogP contribution in [-0.2, 0) is 24.8 Å². The van der Waals surface area contributed by atoms with E-state index in [1.54, 1.807) is 48.5 Å². The van der Waals surface area contributed by atoms with Gasteiger partial charge in [-0.15, -0.1) is 4.40 Å². The van der Waals surface area contributed by atoms with Gasteiger partial charge in [0.05, 0.1) is 29.5 Å². The molecule has 3 aromatic carbocycles. The van der Waals surface area contributed by atoms with E-state index in [0.29, 0.717) is 32.1 Å². The summed E-state index contributed by atoms with van der Waals surface area (Å²) in [5.74, 6) is 0.304. The molecule has 9 nitrogen and oxygen atoms in total. The van der Waals surface area contributed by atoms with Gasteiger partial charge in [0.1, 0.15) is 12.0 Å². The predicted octanol–water partition coefficient (Wildman–Crippen LogP) is 3.43. The number of amidine groups is 1.